The van der Waals surface area contributed by atoms with Crippen LogP contribution in [0.4, 0.5) is 13.2 Å². The molecule has 1 amide bonds. The summed E-state index contributed by atoms with van der Waals surface area (Å²) in [6.07, 6.45) is -4.36. The van der Waals surface area contributed by atoms with E-state index in [4.69, 9.17) is 0 Å². The highest BCUT2D eigenvalue weighted by atomic mass is 19.4. The minimum Gasteiger partial charge on any atom is -0.325 e. The largest absolute Gasteiger partial charge is 0.471 e. The fourth-order valence-corrected chi connectivity index (χ4v) is 2.50. The maximum Gasteiger partial charge on any atom is 0.471 e. The predicted octanol–water partition coefficient (Wildman–Crippen LogP) is 2.87. The number of carbonyl (C=O) groups is 1. The summed E-state index contributed by atoms with van der Waals surface area (Å²) in [6, 6.07) is 7.32. The van der Waals surface area contributed by atoms with Crippen LogP contribution in [0.15, 0.2) is 24.3 Å². The van der Waals surface area contributed by atoms with Crippen LogP contribution in [-0.2, 0) is 16.8 Å². The molecular formula is C13H14F3NO. The van der Waals surface area contributed by atoms with Crippen molar-refractivity contribution in [1.82, 2.24) is 4.90 Å². The lowest BCUT2D eigenvalue weighted by Gasteiger charge is -2.44. The third-order valence-electron chi connectivity index (χ3n) is 3.44. The second kappa shape index (κ2) is 4.00. The van der Waals surface area contributed by atoms with Gasteiger partial charge in [0.1, 0.15) is 0 Å². The molecule has 1 aromatic rings. The van der Waals surface area contributed by atoms with Gasteiger partial charge in [0.15, 0.2) is 0 Å². The fourth-order valence-electron chi connectivity index (χ4n) is 2.50. The molecule has 1 aromatic carbocycles. The summed E-state index contributed by atoms with van der Waals surface area (Å²) < 4.78 is 37.7. The van der Waals surface area contributed by atoms with Gasteiger partial charge in [0.2, 0.25) is 0 Å². The van der Waals surface area contributed by atoms with Crippen LogP contribution in [-0.4, -0.2) is 23.5 Å². The van der Waals surface area contributed by atoms with Crippen LogP contribution in [0, 0.1) is 0 Å². The van der Waals surface area contributed by atoms with Gasteiger partial charge in [0.25, 0.3) is 0 Å². The zero-order valence-electron chi connectivity index (χ0n) is 10.2. The predicted molar refractivity (Wildman–Crippen MR) is 60.9 cm³/mol. The molecule has 1 aliphatic rings. The molecule has 0 atom stereocenters. The van der Waals surface area contributed by atoms with Crippen molar-refractivity contribution in [2.45, 2.75) is 32.0 Å². The summed E-state index contributed by atoms with van der Waals surface area (Å²) in [5.74, 6) is -1.76. The minimum absolute atomic E-state index is 0.0996. The molecule has 0 radical (unpaired) electrons. The summed E-state index contributed by atoms with van der Waals surface area (Å²) >= 11 is 0. The zero-order chi connectivity index (χ0) is 13.6. The molecule has 1 aliphatic heterocycles. The lowest BCUT2D eigenvalue weighted by atomic mass is 9.83. The molecule has 5 heteroatoms. The highest BCUT2D eigenvalue weighted by molar-refractivity contribution is 5.83. The first-order chi connectivity index (χ1) is 8.24. The Morgan fingerprint density at radius 2 is 1.89 bits per heavy atom. The number of amides is 1. The summed E-state index contributed by atoms with van der Waals surface area (Å²) in [5, 5.41) is 0. The number of halogens is 3. The molecule has 2 nitrogen and oxygen atoms in total. The SMILES string of the molecule is CC1(C)c2ccccc2CCN1C(=O)C(F)(F)F. The van der Waals surface area contributed by atoms with Crippen molar-refractivity contribution in [3.63, 3.8) is 0 Å². The van der Waals surface area contributed by atoms with E-state index in [-0.39, 0.29) is 6.54 Å². The van der Waals surface area contributed by atoms with Gasteiger partial charge < -0.3 is 4.90 Å². The topological polar surface area (TPSA) is 20.3 Å². The number of hydrogen-bond donors (Lipinski definition) is 0. The van der Waals surface area contributed by atoms with E-state index in [0.717, 1.165) is 16.0 Å². The van der Waals surface area contributed by atoms with Gasteiger partial charge in [-0.15, -0.1) is 0 Å². The molecule has 0 saturated carbocycles. The van der Waals surface area contributed by atoms with E-state index in [0.29, 0.717) is 6.42 Å². The molecule has 0 aromatic heterocycles. The van der Waals surface area contributed by atoms with Crippen molar-refractivity contribution in [3.05, 3.63) is 35.4 Å². The Morgan fingerprint density at radius 3 is 2.50 bits per heavy atom. The summed E-state index contributed by atoms with van der Waals surface area (Å²) in [5.41, 5.74) is 0.865. The Kier molecular flexibility index (Phi) is 2.87. The van der Waals surface area contributed by atoms with Gasteiger partial charge in [0.05, 0.1) is 5.54 Å². The van der Waals surface area contributed by atoms with Gasteiger partial charge in [-0.05, 0) is 31.4 Å². The van der Waals surface area contributed by atoms with E-state index in [2.05, 4.69) is 0 Å². The highest BCUT2D eigenvalue weighted by Gasteiger charge is 2.48. The molecule has 1 heterocycles. The number of rotatable bonds is 0. The van der Waals surface area contributed by atoms with Gasteiger partial charge in [0, 0.05) is 6.54 Å². The van der Waals surface area contributed by atoms with E-state index >= 15 is 0 Å². The number of nitrogens with zero attached hydrogens (tertiary/aromatic N) is 1. The van der Waals surface area contributed by atoms with Gasteiger partial charge in [-0.3, -0.25) is 4.79 Å². The third-order valence-corrected chi connectivity index (χ3v) is 3.44. The lowest BCUT2D eigenvalue weighted by molar-refractivity contribution is -0.191. The number of carbonyl (C=O) groups excluding carboxylic acids is 1. The van der Waals surface area contributed by atoms with Crippen LogP contribution in [0.1, 0.15) is 25.0 Å². The number of fused-ring (bicyclic) bond motifs is 1. The van der Waals surface area contributed by atoms with Crippen LogP contribution in [0.3, 0.4) is 0 Å². The molecule has 0 saturated heterocycles. The number of alkyl halides is 3. The van der Waals surface area contributed by atoms with Gasteiger partial charge in [-0.1, -0.05) is 24.3 Å². The fraction of sp³-hybridized carbons (Fsp3) is 0.462. The minimum atomic E-state index is -4.82. The van der Waals surface area contributed by atoms with Crippen molar-refractivity contribution in [2.24, 2.45) is 0 Å². The first kappa shape index (κ1) is 12.9. The second-order valence-electron chi connectivity index (χ2n) is 4.92. The van der Waals surface area contributed by atoms with E-state index in [9.17, 15) is 18.0 Å². The van der Waals surface area contributed by atoms with Crippen LogP contribution >= 0.6 is 0 Å². The average molecular weight is 257 g/mol. The van der Waals surface area contributed by atoms with Crippen molar-refractivity contribution in [1.29, 1.82) is 0 Å². The number of benzene rings is 1. The van der Waals surface area contributed by atoms with E-state index in [1.54, 1.807) is 26.0 Å². The molecular weight excluding hydrogens is 243 g/mol. The zero-order valence-corrected chi connectivity index (χ0v) is 10.2. The third kappa shape index (κ3) is 1.98. The first-order valence-electron chi connectivity index (χ1n) is 5.72. The van der Waals surface area contributed by atoms with E-state index in [1.165, 1.54) is 0 Å². The smallest absolute Gasteiger partial charge is 0.325 e. The Labute approximate surface area is 103 Å². The lowest BCUT2D eigenvalue weighted by Crippen LogP contribution is -2.54. The maximum absolute atomic E-state index is 12.6. The monoisotopic (exact) mass is 257 g/mol. The van der Waals surface area contributed by atoms with Crippen molar-refractivity contribution in [3.8, 4) is 0 Å². The van der Waals surface area contributed by atoms with Crippen LogP contribution in [0.25, 0.3) is 0 Å². The highest BCUT2D eigenvalue weighted by Crippen LogP contribution is 2.37. The van der Waals surface area contributed by atoms with Gasteiger partial charge in [-0.2, -0.15) is 13.2 Å². The molecule has 0 fully saturated rings. The Morgan fingerprint density at radius 1 is 1.28 bits per heavy atom. The van der Waals surface area contributed by atoms with Crippen LogP contribution in [0.2, 0.25) is 0 Å². The van der Waals surface area contributed by atoms with Crippen molar-refractivity contribution in [2.75, 3.05) is 6.54 Å². The standard InChI is InChI=1S/C13H14F3NO/c1-12(2)10-6-4-3-5-9(10)7-8-17(12)11(18)13(14,15)16/h3-6H,7-8H2,1-2H3. The van der Waals surface area contributed by atoms with Crippen molar-refractivity contribution >= 4 is 5.91 Å². The van der Waals surface area contributed by atoms with Crippen LogP contribution in [0.5, 0.6) is 0 Å². The second-order valence-corrected chi connectivity index (χ2v) is 4.92. The summed E-state index contributed by atoms with van der Waals surface area (Å²) in [6.45, 7) is 3.39. The Hall–Kier alpha value is -1.52. The Bertz CT molecular complexity index is 479. The molecule has 0 aliphatic carbocycles. The van der Waals surface area contributed by atoms with Gasteiger partial charge in [-0.25, -0.2) is 0 Å². The molecule has 18 heavy (non-hydrogen) atoms. The summed E-state index contributed by atoms with van der Waals surface area (Å²) in [7, 11) is 0. The van der Waals surface area contributed by atoms with E-state index < -0.39 is 17.6 Å². The summed E-state index contributed by atoms with van der Waals surface area (Å²) in [4.78, 5) is 12.4. The molecule has 2 rings (SSSR count). The van der Waals surface area contributed by atoms with E-state index in [1.807, 2.05) is 12.1 Å². The number of hydrogen-bond acceptors (Lipinski definition) is 1. The molecule has 0 spiro atoms. The van der Waals surface area contributed by atoms with Gasteiger partial charge >= 0.3 is 12.1 Å². The quantitative estimate of drug-likeness (QED) is 0.700. The van der Waals surface area contributed by atoms with Crippen LogP contribution < -0.4 is 0 Å². The molecule has 0 bridgehead atoms. The molecule has 0 unspecified atom stereocenters. The normalized spacial score (nSPS) is 18.4. The maximum atomic E-state index is 12.6. The first-order valence-corrected chi connectivity index (χ1v) is 5.72. The Balaban J connectivity index is 2.42. The molecule has 98 valence electrons. The average Bonchev–Trinajstić information content (AvgIpc) is 2.27. The molecule has 0 N–H and O–H groups in total. The van der Waals surface area contributed by atoms with Crippen molar-refractivity contribution < 1.29 is 18.0 Å².